The highest BCUT2D eigenvalue weighted by Crippen LogP contribution is 1.98. The van der Waals surface area contributed by atoms with E-state index < -0.39 is 0 Å². The minimum atomic E-state index is -0.264. The molecule has 22 heavy (non-hydrogen) atoms. The first-order valence-corrected chi connectivity index (χ1v) is 6.51. The molecule has 0 saturated carbocycles. The summed E-state index contributed by atoms with van der Waals surface area (Å²) in [6.45, 7) is 4.46. The molecule has 1 rings (SSSR count). The van der Waals surface area contributed by atoms with Crippen molar-refractivity contribution in [1.82, 2.24) is 5.32 Å². The SMILES string of the molecule is C=O.COC.COC.COC(=O)C(C)NCc1ccccc1. The normalized spacial score (nSPS) is 9.55. The Bertz CT molecular complexity index is 331. The van der Waals surface area contributed by atoms with E-state index in [1.54, 1.807) is 35.4 Å². The van der Waals surface area contributed by atoms with Crippen LogP contribution < -0.4 is 5.32 Å². The molecular weight excluding hydrogens is 286 g/mol. The molecule has 0 bridgehead atoms. The van der Waals surface area contributed by atoms with Crippen LogP contribution in [0, 0.1) is 0 Å². The second-order valence-corrected chi connectivity index (χ2v) is 3.93. The zero-order valence-electron chi connectivity index (χ0n) is 14.4. The van der Waals surface area contributed by atoms with E-state index in [-0.39, 0.29) is 12.0 Å². The fraction of sp³-hybridized carbons (Fsp3) is 0.500. The van der Waals surface area contributed by atoms with Gasteiger partial charge in [0.25, 0.3) is 0 Å². The van der Waals surface area contributed by atoms with Gasteiger partial charge < -0.3 is 24.3 Å². The fourth-order valence-electron chi connectivity index (χ4n) is 1.13. The highest BCUT2D eigenvalue weighted by atomic mass is 16.5. The van der Waals surface area contributed by atoms with Crippen LogP contribution >= 0.6 is 0 Å². The molecule has 0 amide bonds. The van der Waals surface area contributed by atoms with Gasteiger partial charge >= 0.3 is 5.97 Å². The van der Waals surface area contributed by atoms with Crippen LogP contribution in [0.1, 0.15) is 12.5 Å². The highest BCUT2D eigenvalue weighted by molar-refractivity contribution is 5.75. The summed E-state index contributed by atoms with van der Waals surface area (Å²) in [4.78, 5) is 19.0. The van der Waals surface area contributed by atoms with Crippen LogP contribution in [0.15, 0.2) is 30.3 Å². The quantitative estimate of drug-likeness (QED) is 0.852. The lowest BCUT2D eigenvalue weighted by Crippen LogP contribution is -2.34. The molecule has 1 aromatic carbocycles. The van der Waals surface area contributed by atoms with Gasteiger partial charge in [-0.1, -0.05) is 30.3 Å². The van der Waals surface area contributed by atoms with Gasteiger partial charge in [0.15, 0.2) is 0 Å². The smallest absolute Gasteiger partial charge is 0.322 e. The number of benzene rings is 1. The lowest BCUT2D eigenvalue weighted by molar-refractivity contribution is -0.142. The van der Waals surface area contributed by atoms with Crippen molar-refractivity contribution in [2.45, 2.75) is 19.5 Å². The number of methoxy groups -OCH3 is 3. The van der Waals surface area contributed by atoms with Crippen LogP contribution in [0.4, 0.5) is 0 Å². The molecular formula is C16H29NO5. The number of rotatable bonds is 4. The zero-order chi connectivity index (χ0) is 17.8. The molecule has 0 aliphatic heterocycles. The monoisotopic (exact) mass is 315 g/mol. The van der Waals surface area contributed by atoms with Gasteiger partial charge in [-0.25, -0.2) is 0 Å². The van der Waals surface area contributed by atoms with Crippen LogP contribution in [0.3, 0.4) is 0 Å². The van der Waals surface area contributed by atoms with Gasteiger partial charge in [-0.2, -0.15) is 0 Å². The first-order valence-electron chi connectivity index (χ1n) is 6.51. The number of esters is 1. The minimum absolute atomic E-state index is 0.235. The molecule has 0 fully saturated rings. The van der Waals surface area contributed by atoms with E-state index in [1.165, 1.54) is 7.11 Å². The standard InChI is InChI=1S/C11H15NO2.2C2H6O.CH2O/c1-9(11(13)14-2)12-8-10-6-4-3-5-7-10;2*1-3-2;1-2/h3-7,9,12H,8H2,1-2H3;2*1-2H3;1H2. The van der Waals surface area contributed by atoms with Crippen LogP contribution in [-0.4, -0.2) is 54.3 Å². The molecule has 0 radical (unpaired) electrons. The Morgan fingerprint density at radius 3 is 1.82 bits per heavy atom. The van der Waals surface area contributed by atoms with Gasteiger partial charge in [-0.05, 0) is 12.5 Å². The third-order valence-corrected chi connectivity index (χ3v) is 2.01. The molecule has 1 atom stereocenters. The van der Waals surface area contributed by atoms with Crippen molar-refractivity contribution in [3.8, 4) is 0 Å². The van der Waals surface area contributed by atoms with Crippen LogP contribution in [-0.2, 0) is 30.3 Å². The molecule has 6 nitrogen and oxygen atoms in total. The molecule has 0 saturated heterocycles. The molecule has 6 heteroatoms. The van der Waals surface area contributed by atoms with Gasteiger partial charge in [0, 0.05) is 35.0 Å². The number of hydrogen-bond donors (Lipinski definition) is 1. The van der Waals surface area contributed by atoms with E-state index in [1.807, 2.05) is 37.1 Å². The van der Waals surface area contributed by atoms with E-state index in [4.69, 9.17) is 4.79 Å². The van der Waals surface area contributed by atoms with Crippen LogP contribution in [0.25, 0.3) is 0 Å². The topological polar surface area (TPSA) is 73.9 Å². The lowest BCUT2D eigenvalue weighted by atomic mass is 10.2. The summed E-state index contributed by atoms with van der Waals surface area (Å²) in [5.74, 6) is -0.235. The Hall–Kier alpha value is -1.76. The Morgan fingerprint density at radius 2 is 1.45 bits per heavy atom. The molecule has 0 spiro atoms. The minimum Gasteiger partial charge on any atom is -0.468 e. The van der Waals surface area contributed by atoms with E-state index >= 15 is 0 Å². The zero-order valence-corrected chi connectivity index (χ0v) is 14.4. The average Bonchev–Trinajstić information content (AvgIpc) is 2.56. The molecule has 1 unspecified atom stereocenters. The Morgan fingerprint density at radius 1 is 1.05 bits per heavy atom. The maximum Gasteiger partial charge on any atom is 0.322 e. The maximum absolute atomic E-state index is 11.0. The molecule has 0 aliphatic carbocycles. The van der Waals surface area contributed by atoms with Gasteiger partial charge in [-0.3, -0.25) is 4.79 Å². The molecule has 128 valence electrons. The fourth-order valence-corrected chi connectivity index (χ4v) is 1.13. The molecule has 1 aromatic rings. The van der Waals surface area contributed by atoms with Gasteiger partial charge in [0.2, 0.25) is 0 Å². The summed E-state index contributed by atoms with van der Waals surface area (Å²) < 4.78 is 13.1. The molecule has 0 aromatic heterocycles. The summed E-state index contributed by atoms with van der Waals surface area (Å²) >= 11 is 0. The van der Waals surface area contributed by atoms with E-state index in [0.717, 1.165) is 5.56 Å². The summed E-state index contributed by atoms with van der Waals surface area (Å²) in [6.07, 6.45) is 0. The summed E-state index contributed by atoms with van der Waals surface area (Å²) in [5.41, 5.74) is 1.16. The largest absolute Gasteiger partial charge is 0.468 e. The second kappa shape index (κ2) is 21.5. The summed E-state index contributed by atoms with van der Waals surface area (Å²) in [5, 5.41) is 3.08. The first kappa shape index (κ1) is 25.2. The predicted molar refractivity (Wildman–Crippen MR) is 87.7 cm³/mol. The number of hydrogen-bond acceptors (Lipinski definition) is 6. The maximum atomic E-state index is 11.0. The Balaban J connectivity index is -0.000000382. The van der Waals surface area contributed by atoms with Crippen LogP contribution in [0.2, 0.25) is 0 Å². The van der Waals surface area contributed by atoms with Crippen molar-refractivity contribution in [2.75, 3.05) is 35.5 Å². The van der Waals surface area contributed by atoms with Crippen molar-refractivity contribution >= 4 is 12.8 Å². The number of carbonyl (C=O) groups excluding carboxylic acids is 2. The Labute approximate surface area is 133 Å². The number of ether oxygens (including phenoxy) is 3. The van der Waals surface area contributed by atoms with Crippen molar-refractivity contribution in [1.29, 1.82) is 0 Å². The first-order chi connectivity index (χ1) is 10.6. The second-order valence-electron chi connectivity index (χ2n) is 3.93. The van der Waals surface area contributed by atoms with Crippen LogP contribution in [0.5, 0.6) is 0 Å². The van der Waals surface area contributed by atoms with E-state index in [9.17, 15) is 4.79 Å². The highest BCUT2D eigenvalue weighted by Gasteiger charge is 2.11. The number of carbonyl (C=O) groups is 2. The third-order valence-electron chi connectivity index (χ3n) is 2.01. The molecule has 0 aliphatic rings. The van der Waals surface area contributed by atoms with Gasteiger partial charge in [-0.15, -0.1) is 0 Å². The lowest BCUT2D eigenvalue weighted by Gasteiger charge is -2.10. The van der Waals surface area contributed by atoms with E-state index in [2.05, 4.69) is 19.5 Å². The average molecular weight is 315 g/mol. The van der Waals surface area contributed by atoms with Gasteiger partial charge in [0.05, 0.1) is 7.11 Å². The van der Waals surface area contributed by atoms with Crippen molar-refractivity contribution < 1.29 is 23.8 Å². The van der Waals surface area contributed by atoms with Crippen molar-refractivity contribution in [3.05, 3.63) is 35.9 Å². The third kappa shape index (κ3) is 18.2. The molecule has 0 heterocycles. The van der Waals surface area contributed by atoms with Crippen molar-refractivity contribution in [3.63, 3.8) is 0 Å². The Kier molecular flexibility index (Phi) is 24.7. The summed E-state index contributed by atoms with van der Waals surface area (Å²) in [6, 6.07) is 9.67. The van der Waals surface area contributed by atoms with Gasteiger partial charge in [0.1, 0.15) is 12.8 Å². The molecule has 1 N–H and O–H groups in total. The predicted octanol–water partition coefficient (Wildman–Crippen LogP) is 1.68. The number of nitrogens with one attached hydrogen (secondary N) is 1. The van der Waals surface area contributed by atoms with E-state index in [0.29, 0.717) is 6.54 Å². The summed E-state index contributed by atoms with van der Waals surface area (Å²) in [7, 11) is 7.89. The van der Waals surface area contributed by atoms with Crippen molar-refractivity contribution in [2.24, 2.45) is 0 Å².